The first-order chi connectivity index (χ1) is 8.57. The number of aliphatic hydroxyl groups is 1. The number of likely N-dealkylation sites (tertiary alicyclic amines) is 1. The molecule has 1 unspecified atom stereocenters. The molecule has 0 bridgehead atoms. The first-order valence-corrected chi connectivity index (χ1v) is 6.34. The second-order valence-corrected chi connectivity index (χ2v) is 4.86. The summed E-state index contributed by atoms with van der Waals surface area (Å²) in [6, 6.07) is -0.0582. The van der Waals surface area contributed by atoms with E-state index in [4.69, 9.17) is 10.5 Å². The van der Waals surface area contributed by atoms with Crippen LogP contribution >= 0.6 is 0 Å². The Morgan fingerprint density at radius 3 is 2.94 bits per heavy atom. The van der Waals surface area contributed by atoms with E-state index in [0.29, 0.717) is 13.0 Å². The monoisotopic (exact) mass is 252 g/mol. The molecule has 5 nitrogen and oxygen atoms in total. The number of rotatable bonds is 3. The second kappa shape index (κ2) is 5.12. The summed E-state index contributed by atoms with van der Waals surface area (Å²) in [4.78, 5) is 13.3. The lowest BCUT2D eigenvalue weighted by atomic mass is 9.86. The summed E-state index contributed by atoms with van der Waals surface area (Å²) >= 11 is 0. The van der Waals surface area contributed by atoms with Crippen molar-refractivity contribution < 1.29 is 14.6 Å². The third-order valence-electron chi connectivity index (χ3n) is 3.71. The van der Waals surface area contributed by atoms with Gasteiger partial charge in [-0.2, -0.15) is 0 Å². The molecule has 2 rings (SSSR count). The second-order valence-electron chi connectivity index (χ2n) is 4.86. The average Bonchev–Trinajstić information content (AvgIpc) is 2.75. The van der Waals surface area contributed by atoms with E-state index in [9.17, 15) is 9.90 Å². The predicted molar refractivity (Wildman–Crippen MR) is 68.0 cm³/mol. The van der Waals surface area contributed by atoms with Crippen LogP contribution in [0.1, 0.15) is 19.8 Å². The van der Waals surface area contributed by atoms with Crippen molar-refractivity contribution in [2.45, 2.75) is 37.5 Å². The van der Waals surface area contributed by atoms with Crippen molar-refractivity contribution in [3.63, 3.8) is 0 Å². The van der Waals surface area contributed by atoms with Crippen LogP contribution in [0, 0.1) is 0 Å². The lowest BCUT2D eigenvalue weighted by molar-refractivity contribution is -0.00435. The molecule has 0 radical (unpaired) electrons. The Labute approximate surface area is 107 Å². The van der Waals surface area contributed by atoms with Crippen LogP contribution in [-0.4, -0.2) is 46.9 Å². The lowest BCUT2D eigenvalue weighted by Gasteiger charge is -2.41. The molecule has 0 aromatic rings. The molecular weight excluding hydrogens is 232 g/mol. The fourth-order valence-electron chi connectivity index (χ4n) is 2.78. The van der Waals surface area contributed by atoms with Crippen LogP contribution in [0.2, 0.25) is 0 Å². The van der Waals surface area contributed by atoms with Gasteiger partial charge >= 0.3 is 6.09 Å². The zero-order chi connectivity index (χ0) is 13.2. The van der Waals surface area contributed by atoms with Gasteiger partial charge in [-0.25, -0.2) is 4.79 Å². The van der Waals surface area contributed by atoms with Crippen LogP contribution in [-0.2, 0) is 4.74 Å². The molecule has 0 aromatic carbocycles. The fraction of sp³-hybridized carbons (Fsp3) is 0.615. The van der Waals surface area contributed by atoms with Crippen LogP contribution in [0.3, 0.4) is 0 Å². The number of ether oxygens (including phenoxy) is 1. The molecule has 0 aromatic heterocycles. The summed E-state index contributed by atoms with van der Waals surface area (Å²) in [5, 5.41) is 9.64. The number of hydrogen-bond acceptors (Lipinski definition) is 4. The highest BCUT2D eigenvalue weighted by Crippen LogP contribution is 2.32. The van der Waals surface area contributed by atoms with E-state index < -0.39 is 11.7 Å². The number of nitrogens with zero attached hydrogens (tertiary/aromatic N) is 1. The maximum Gasteiger partial charge on any atom is 0.405 e. The van der Waals surface area contributed by atoms with E-state index in [1.165, 1.54) is 0 Å². The van der Waals surface area contributed by atoms with Crippen molar-refractivity contribution in [3.05, 3.63) is 24.3 Å². The Kier molecular flexibility index (Phi) is 3.73. The minimum atomic E-state index is -0.762. The molecule has 100 valence electrons. The zero-order valence-electron chi connectivity index (χ0n) is 10.6. The van der Waals surface area contributed by atoms with Crippen LogP contribution in [0.4, 0.5) is 4.79 Å². The number of carbonyl (C=O) groups excluding carboxylic acids is 1. The van der Waals surface area contributed by atoms with Crippen molar-refractivity contribution in [1.82, 2.24) is 4.90 Å². The highest BCUT2D eigenvalue weighted by molar-refractivity contribution is 5.66. The Morgan fingerprint density at radius 1 is 1.61 bits per heavy atom. The van der Waals surface area contributed by atoms with Crippen molar-refractivity contribution in [1.29, 1.82) is 0 Å². The van der Waals surface area contributed by atoms with Crippen LogP contribution in [0.5, 0.6) is 0 Å². The van der Waals surface area contributed by atoms with E-state index in [0.717, 1.165) is 13.0 Å². The summed E-state index contributed by atoms with van der Waals surface area (Å²) in [6.45, 7) is 3.37. The summed E-state index contributed by atoms with van der Waals surface area (Å²) < 4.78 is 5.37. The summed E-state index contributed by atoms with van der Waals surface area (Å²) in [5.74, 6) is 0. The van der Waals surface area contributed by atoms with Crippen molar-refractivity contribution in [3.8, 4) is 0 Å². The number of nitrogens with two attached hydrogens (primary N) is 1. The molecule has 0 spiro atoms. The number of hydrogen-bond donors (Lipinski definition) is 2. The minimum absolute atomic E-state index is 0.0582. The molecule has 18 heavy (non-hydrogen) atoms. The van der Waals surface area contributed by atoms with E-state index in [1.54, 1.807) is 0 Å². The van der Waals surface area contributed by atoms with E-state index in [1.807, 2.05) is 31.2 Å². The number of carbonyl (C=O) groups is 1. The maximum atomic E-state index is 11.1. The van der Waals surface area contributed by atoms with Gasteiger partial charge in [0.05, 0.1) is 12.1 Å². The smallest absolute Gasteiger partial charge is 0.405 e. The summed E-state index contributed by atoms with van der Waals surface area (Å²) in [5.41, 5.74) is 4.47. The van der Waals surface area contributed by atoms with E-state index in [-0.39, 0.29) is 12.1 Å². The lowest BCUT2D eigenvalue weighted by Crippen LogP contribution is -2.53. The van der Waals surface area contributed by atoms with Gasteiger partial charge < -0.3 is 15.6 Å². The Balaban J connectivity index is 2.22. The average molecular weight is 252 g/mol. The third kappa shape index (κ3) is 2.42. The van der Waals surface area contributed by atoms with Crippen molar-refractivity contribution >= 4 is 6.09 Å². The predicted octanol–water partition coefficient (Wildman–Crippen LogP) is 0.792. The molecule has 1 aliphatic heterocycles. The quantitative estimate of drug-likeness (QED) is 0.778. The summed E-state index contributed by atoms with van der Waals surface area (Å²) in [6.07, 6.45) is 8.04. The number of primary amides is 1. The highest BCUT2D eigenvalue weighted by Gasteiger charge is 2.43. The van der Waals surface area contributed by atoms with Crippen LogP contribution < -0.4 is 5.73 Å². The van der Waals surface area contributed by atoms with Crippen molar-refractivity contribution in [2.75, 3.05) is 13.1 Å². The number of aliphatic hydroxyl groups excluding tert-OH is 1. The zero-order valence-corrected chi connectivity index (χ0v) is 10.6. The molecule has 3 N–H and O–H groups in total. The molecule has 1 amide bonds. The van der Waals surface area contributed by atoms with Gasteiger partial charge in [-0.3, -0.25) is 4.90 Å². The first kappa shape index (κ1) is 13.1. The maximum absolute atomic E-state index is 11.1. The van der Waals surface area contributed by atoms with E-state index in [2.05, 4.69) is 4.90 Å². The van der Waals surface area contributed by atoms with Crippen LogP contribution in [0.25, 0.3) is 0 Å². The standard InChI is InChI=1S/C13H20N2O3/c1-2-13(18-12(14)17)7-4-3-5-11(13)15-8-6-10(16)9-15/h3-5,7,10-11,16H,2,6,8-9H2,1H3,(H2,14,17)/t10-,11?,13-/m0/s1. The van der Waals surface area contributed by atoms with Gasteiger partial charge in [-0.15, -0.1) is 0 Å². The van der Waals surface area contributed by atoms with Gasteiger partial charge in [-0.05, 0) is 18.9 Å². The summed E-state index contributed by atoms with van der Waals surface area (Å²) in [7, 11) is 0. The normalized spacial score (nSPS) is 35.9. The fourth-order valence-corrected chi connectivity index (χ4v) is 2.78. The van der Waals surface area contributed by atoms with Gasteiger partial charge in [0.25, 0.3) is 0 Å². The molecule has 1 fully saturated rings. The molecule has 0 saturated carbocycles. The Morgan fingerprint density at radius 2 is 2.39 bits per heavy atom. The Bertz CT molecular complexity index is 380. The highest BCUT2D eigenvalue weighted by atomic mass is 16.6. The molecule has 1 aliphatic carbocycles. The van der Waals surface area contributed by atoms with Gasteiger partial charge in [0.1, 0.15) is 0 Å². The van der Waals surface area contributed by atoms with Crippen molar-refractivity contribution in [2.24, 2.45) is 5.73 Å². The molecule has 1 saturated heterocycles. The number of allylic oxidation sites excluding steroid dienone is 2. The largest absolute Gasteiger partial charge is 0.437 e. The first-order valence-electron chi connectivity index (χ1n) is 6.34. The van der Waals surface area contributed by atoms with Gasteiger partial charge in [0.15, 0.2) is 5.60 Å². The topological polar surface area (TPSA) is 75.8 Å². The molecule has 5 heteroatoms. The SMILES string of the molecule is CC[C@]1(OC(N)=O)C=CC=CC1N1CC[C@H](O)C1. The van der Waals surface area contributed by atoms with Gasteiger partial charge in [-0.1, -0.05) is 25.2 Å². The molecular formula is C13H20N2O3. The van der Waals surface area contributed by atoms with E-state index >= 15 is 0 Å². The number of β-amino-alcohol motifs (C(OH)–C–C–N with tert-alkyl or cyclic N) is 1. The van der Waals surface area contributed by atoms with Gasteiger partial charge in [0.2, 0.25) is 0 Å². The Hall–Kier alpha value is -1.33. The molecule has 3 atom stereocenters. The molecule has 2 aliphatic rings. The van der Waals surface area contributed by atoms with Crippen LogP contribution in [0.15, 0.2) is 24.3 Å². The number of amides is 1. The minimum Gasteiger partial charge on any atom is -0.437 e. The third-order valence-corrected chi connectivity index (χ3v) is 3.71. The van der Waals surface area contributed by atoms with Gasteiger partial charge in [0, 0.05) is 13.1 Å². The molecule has 1 heterocycles.